The highest BCUT2D eigenvalue weighted by molar-refractivity contribution is 6.28. The van der Waals surface area contributed by atoms with Crippen molar-refractivity contribution in [3.63, 3.8) is 0 Å². The number of hydrogen-bond donors (Lipinski definition) is 1. The van der Waals surface area contributed by atoms with Crippen LogP contribution >= 0.6 is 0 Å². The van der Waals surface area contributed by atoms with Gasteiger partial charge in [-0.25, -0.2) is 0 Å². The van der Waals surface area contributed by atoms with Crippen LogP contribution in [0, 0.1) is 34.6 Å². The first-order valence-electron chi connectivity index (χ1n) is 26.1. The Morgan fingerprint density at radius 2 is 0.867 bits per heavy atom. The van der Waals surface area contributed by atoms with E-state index >= 15 is 0 Å². The number of nitrogens with zero attached hydrogens (tertiary/aromatic N) is 2. The summed E-state index contributed by atoms with van der Waals surface area (Å²) in [6.07, 6.45) is 0.929. The second-order valence-corrected chi connectivity index (χ2v) is 20.3. The molecule has 1 N–H and O–H groups in total. The van der Waals surface area contributed by atoms with Gasteiger partial charge in [0.25, 0.3) is 0 Å². The first-order valence-corrected chi connectivity index (χ1v) is 26.1. The lowest BCUT2D eigenvalue weighted by atomic mass is 9.91. The number of anilines is 6. The summed E-state index contributed by atoms with van der Waals surface area (Å²) in [7, 11) is 0. The molecule has 75 heavy (non-hydrogen) atoms. The van der Waals surface area contributed by atoms with Crippen molar-refractivity contribution in [1.29, 1.82) is 0 Å². The summed E-state index contributed by atoms with van der Waals surface area (Å²) in [5.41, 5.74) is 21.1. The molecular formula is C71H56N2O2. The van der Waals surface area contributed by atoms with Gasteiger partial charge >= 0.3 is 0 Å². The smallest absolute Gasteiger partial charge is 0.159 e. The van der Waals surface area contributed by atoms with Crippen LogP contribution in [0.4, 0.5) is 34.1 Å². The van der Waals surface area contributed by atoms with E-state index in [1.54, 1.807) is 0 Å². The standard InChI is InChI=1S/C71H56N2O2/c1-7-48-17-9-11-21-56(48)58-23-13-24-59-60-25-15-27-66(71(60)75-70(58)59)73(54-35-29-44(3)47(6)41-54)64-39-33-50-30-36-61-63(38-32-49-31-37-62(64)68(50)67(49)61)72(53-34-28-43(2)46(5)40-53)65-26-14-22-57(69(65)74)52-19-12-18-51(42-52)55-20-10-8-16-45(55)4/h8-42,74H,7H2,1-6H3. The number of fused-ring (bicyclic) bond motifs is 3. The molecule has 0 atom stereocenters. The maximum absolute atomic E-state index is 12.7. The Hall–Kier alpha value is -9.12. The van der Waals surface area contributed by atoms with Gasteiger partial charge in [0.1, 0.15) is 11.3 Å². The Balaban J connectivity index is 1.03. The predicted molar refractivity (Wildman–Crippen MR) is 318 cm³/mol. The normalized spacial score (nSPS) is 11.7. The van der Waals surface area contributed by atoms with E-state index in [0.717, 1.165) is 101 Å². The van der Waals surface area contributed by atoms with Gasteiger partial charge in [0.15, 0.2) is 5.58 Å². The third-order valence-electron chi connectivity index (χ3n) is 15.9. The van der Waals surface area contributed by atoms with Gasteiger partial charge in [-0.2, -0.15) is 0 Å². The molecule has 4 heteroatoms. The minimum atomic E-state index is 0.219. The largest absolute Gasteiger partial charge is 0.505 e. The van der Waals surface area contributed by atoms with Crippen LogP contribution in [0.1, 0.15) is 40.3 Å². The van der Waals surface area contributed by atoms with Gasteiger partial charge in [0.2, 0.25) is 0 Å². The molecule has 0 aliphatic rings. The lowest BCUT2D eigenvalue weighted by Gasteiger charge is -2.30. The third-order valence-corrected chi connectivity index (χ3v) is 15.9. The summed E-state index contributed by atoms with van der Waals surface area (Å²) >= 11 is 0. The van der Waals surface area contributed by atoms with E-state index in [9.17, 15) is 5.11 Å². The van der Waals surface area contributed by atoms with E-state index < -0.39 is 0 Å². The summed E-state index contributed by atoms with van der Waals surface area (Å²) in [6, 6.07) is 76.4. The molecule has 0 spiro atoms. The number of rotatable bonds is 10. The monoisotopic (exact) mass is 968 g/mol. The molecule has 0 aliphatic carbocycles. The molecule has 1 heterocycles. The van der Waals surface area contributed by atoms with Crippen molar-refractivity contribution in [2.45, 2.75) is 48.0 Å². The van der Waals surface area contributed by atoms with Crippen LogP contribution in [0.25, 0.3) is 87.6 Å². The Morgan fingerprint density at radius 1 is 0.360 bits per heavy atom. The first-order chi connectivity index (χ1) is 36.6. The Labute approximate surface area is 438 Å². The number of benzene rings is 12. The number of phenols is 1. The number of para-hydroxylation sites is 3. The molecule has 0 saturated heterocycles. The summed E-state index contributed by atoms with van der Waals surface area (Å²) in [4.78, 5) is 4.66. The molecular weight excluding hydrogens is 913 g/mol. The van der Waals surface area contributed by atoms with E-state index in [1.807, 2.05) is 12.1 Å². The van der Waals surface area contributed by atoms with Gasteiger partial charge in [-0.1, -0.05) is 165 Å². The fourth-order valence-electron chi connectivity index (χ4n) is 11.7. The van der Waals surface area contributed by atoms with Crippen molar-refractivity contribution in [3.8, 4) is 39.1 Å². The number of aryl methyl sites for hydroxylation is 6. The summed E-state index contributed by atoms with van der Waals surface area (Å²) in [6.45, 7) is 13.0. The molecule has 1 aromatic heterocycles. The van der Waals surface area contributed by atoms with Gasteiger partial charge < -0.3 is 19.3 Å². The molecule has 12 aromatic carbocycles. The van der Waals surface area contributed by atoms with Crippen molar-refractivity contribution >= 4 is 88.4 Å². The zero-order chi connectivity index (χ0) is 51.1. The van der Waals surface area contributed by atoms with Crippen LogP contribution < -0.4 is 9.80 Å². The lowest BCUT2D eigenvalue weighted by Crippen LogP contribution is -2.12. The van der Waals surface area contributed by atoms with E-state index in [4.69, 9.17) is 4.42 Å². The maximum Gasteiger partial charge on any atom is 0.159 e. The van der Waals surface area contributed by atoms with E-state index in [2.05, 4.69) is 252 Å². The second-order valence-electron chi connectivity index (χ2n) is 20.3. The van der Waals surface area contributed by atoms with Crippen LogP contribution in [-0.4, -0.2) is 5.11 Å². The fourth-order valence-corrected chi connectivity index (χ4v) is 11.7. The van der Waals surface area contributed by atoms with E-state index in [-0.39, 0.29) is 5.75 Å². The average Bonchev–Trinajstić information content (AvgIpc) is 3.87. The number of phenolic OH excluding ortho intramolecular Hbond substituents is 1. The minimum Gasteiger partial charge on any atom is -0.505 e. The molecule has 0 bridgehead atoms. The summed E-state index contributed by atoms with van der Waals surface area (Å²) in [5, 5.41) is 21.8. The summed E-state index contributed by atoms with van der Waals surface area (Å²) < 4.78 is 7.22. The maximum atomic E-state index is 12.7. The van der Waals surface area contributed by atoms with Gasteiger partial charge in [-0.15, -0.1) is 0 Å². The zero-order valence-electron chi connectivity index (χ0n) is 43.2. The molecule has 0 fully saturated rings. The number of hydrogen-bond acceptors (Lipinski definition) is 4. The van der Waals surface area contributed by atoms with Gasteiger partial charge in [-0.05, 0) is 173 Å². The van der Waals surface area contributed by atoms with E-state index in [0.29, 0.717) is 5.69 Å². The Kier molecular flexibility index (Phi) is 11.0. The van der Waals surface area contributed by atoms with Gasteiger partial charge in [0.05, 0.1) is 22.7 Å². The molecule has 0 aliphatic heterocycles. The highest BCUT2D eigenvalue weighted by atomic mass is 16.3. The van der Waals surface area contributed by atoms with Crippen LogP contribution in [0.5, 0.6) is 5.75 Å². The fraction of sp³-hybridized carbons (Fsp3) is 0.0986. The highest BCUT2D eigenvalue weighted by Gasteiger charge is 2.27. The van der Waals surface area contributed by atoms with E-state index in [1.165, 1.54) is 55.3 Å². The van der Waals surface area contributed by atoms with Crippen LogP contribution in [-0.2, 0) is 6.42 Å². The third kappa shape index (κ3) is 7.51. The molecule has 0 radical (unpaired) electrons. The lowest BCUT2D eigenvalue weighted by molar-refractivity contribution is 0.478. The molecule has 13 aromatic rings. The van der Waals surface area contributed by atoms with Crippen molar-refractivity contribution in [1.82, 2.24) is 0 Å². The predicted octanol–water partition coefficient (Wildman–Crippen LogP) is 20.2. The molecule has 4 nitrogen and oxygen atoms in total. The average molecular weight is 969 g/mol. The van der Waals surface area contributed by atoms with Gasteiger partial charge in [-0.3, -0.25) is 0 Å². The van der Waals surface area contributed by atoms with Crippen molar-refractivity contribution in [3.05, 3.63) is 246 Å². The van der Waals surface area contributed by atoms with Crippen molar-refractivity contribution in [2.75, 3.05) is 9.80 Å². The van der Waals surface area contributed by atoms with Crippen LogP contribution in [0.15, 0.2) is 217 Å². The quantitative estimate of drug-likeness (QED) is 0.139. The topological polar surface area (TPSA) is 39.9 Å². The van der Waals surface area contributed by atoms with Crippen LogP contribution in [0.3, 0.4) is 0 Å². The SMILES string of the molecule is CCc1ccccc1-c1cccc2c1oc1c(N(c3ccc(C)c(C)c3)c3ccc4ccc5c(N(c6ccc(C)c(C)c6)c6cccc(-c7cccc(-c8ccccc8C)c7)c6O)ccc6ccc3c4c65)cccc12. The molecule has 362 valence electrons. The van der Waals surface area contributed by atoms with Crippen molar-refractivity contribution < 1.29 is 9.52 Å². The van der Waals surface area contributed by atoms with Crippen molar-refractivity contribution in [2.24, 2.45) is 0 Å². The van der Waals surface area contributed by atoms with Gasteiger partial charge in [0, 0.05) is 44.0 Å². The molecule has 0 unspecified atom stereocenters. The second kappa shape index (κ2) is 18.1. The first kappa shape index (κ1) is 45.7. The Morgan fingerprint density at radius 3 is 1.51 bits per heavy atom. The number of furan rings is 1. The number of aromatic hydroxyl groups is 1. The zero-order valence-corrected chi connectivity index (χ0v) is 43.2. The molecule has 13 rings (SSSR count). The Bertz CT molecular complexity index is 4390. The summed E-state index contributed by atoms with van der Waals surface area (Å²) in [5.74, 6) is 0.219. The molecule has 0 amide bonds. The van der Waals surface area contributed by atoms with Crippen LogP contribution in [0.2, 0.25) is 0 Å². The minimum absolute atomic E-state index is 0.219. The highest BCUT2D eigenvalue weighted by Crippen LogP contribution is 2.52. The molecule has 0 saturated carbocycles.